The molecule has 0 radical (unpaired) electrons. The fourth-order valence-electron chi connectivity index (χ4n) is 3.17. The van der Waals surface area contributed by atoms with Crippen molar-refractivity contribution < 1.29 is 4.79 Å². The lowest BCUT2D eigenvalue weighted by molar-refractivity contribution is -0.137. The SMILES string of the molecule is O=C(CCS)N1CCCC2CCCCC21. The first kappa shape index (κ1) is 11.3. The third kappa shape index (κ3) is 2.49. The van der Waals surface area contributed by atoms with Gasteiger partial charge in [0.1, 0.15) is 0 Å². The zero-order valence-corrected chi connectivity index (χ0v) is 10.2. The van der Waals surface area contributed by atoms with Crippen molar-refractivity contribution in [3.8, 4) is 0 Å². The Morgan fingerprint density at radius 3 is 2.73 bits per heavy atom. The Morgan fingerprint density at radius 2 is 1.93 bits per heavy atom. The van der Waals surface area contributed by atoms with E-state index in [2.05, 4.69) is 17.5 Å². The minimum Gasteiger partial charge on any atom is -0.339 e. The third-order valence-electron chi connectivity index (χ3n) is 3.89. The summed E-state index contributed by atoms with van der Waals surface area (Å²) in [4.78, 5) is 14.1. The Morgan fingerprint density at radius 1 is 1.20 bits per heavy atom. The molecule has 0 N–H and O–H groups in total. The highest BCUT2D eigenvalue weighted by Crippen LogP contribution is 2.35. The largest absolute Gasteiger partial charge is 0.339 e. The van der Waals surface area contributed by atoms with E-state index in [0.29, 0.717) is 24.1 Å². The van der Waals surface area contributed by atoms with E-state index in [4.69, 9.17) is 0 Å². The minimum atomic E-state index is 0.335. The molecule has 86 valence electrons. The maximum absolute atomic E-state index is 11.9. The number of hydrogen-bond acceptors (Lipinski definition) is 2. The number of rotatable bonds is 2. The molecule has 15 heavy (non-hydrogen) atoms. The summed E-state index contributed by atoms with van der Waals surface area (Å²) in [5, 5.41) is 0. The lowest BCUT2D eigenvalue weighted by atomic mass is 9.78. The molecule has 2 fully saturated rings. The summed E-state index contributed by atoms with van der Waals surface area (Å²) in [5.74, 6) is 1.82. The average Bonchev–Trinajstić information content (AvgIpc) is 2.28. The van der Waals surface area contributed by atoms with Crippen LogP contribution in [-0.4, -0.2) is 29.1 Å². The maximum atomic E-state index is 11.9. The van der Waals surface area contributed by atoms with E-state index < -0.39 is 0 Å². The van der Waals surface area contributed by atoms with Gasteiger partial charge in [-0.25, -0.2) is 0 Å². The molecule has 3 heteroatoms. The predicted molar refractivity (Wildman–Crippen MR) is 65.2 cm³/mol. The van der Waals surface area contributed by atoms with E-state index in [1.807, 2.05) is 0 Å². The fraction of sp³-hybridized carbons (Fsp3) is 0.917. The molecule has 1 heterocycles. The number of piperidine rings is 1. The molecule has 2 aliphatic rings. The first-order chi connectivity index (χ1) is 7.33. The molecule has 2 unspecified atom stereocenters. The summed E-state index contributed by atoms with van der Waals surface area (Å²) in [6.07, 6.45) is 8.43. The topological polar surface area (TPSA) is 20.3 Å². The van der Waals surface area contributed by atoms with Crippen molar-refractivity contribution in [2.24, 2.45) is 5.92 Å². The molecule has 2 rings (SSSR count). The number of likely N-dealkylation sites (tertiary alicyclic amines) is 1. The summed E-state index contributed by atoms with van der Waals surface area (Å²) in [5.41, 5.74) is 0. The number of hydrogen-bond donors (Lipinski definition) is 1. The Kier molecular flexibility index (Phi) is 3.95. The molecule has 0 aromatic carbocycles. The van der Waals surface area contributed by atoms with Crippen LogP contribution in [0.4, 0.5) is 0 Å². The van der Waals surface area contributed by atoms with Crippen molar-refractivity contribution in [2.75, 3.05) is 12.3 Å². The normalized spacial score (nSPS) is 31.1. The van der Waals surface area contributed by atoms with Crippen LogP contribution in [0.5, 0.6) is 0 Å². The second-order valence-corrected chi connectivity index (χ2v) is 5.26. The third-order valence-corrected chi connectivity index (χ3v) is 4.11. The summed E-state index contributed by atoms with van der Waals surface area (Å²) >= 11 is 4.15. The molecule has 2 nitrogen and oxygen atoms in total. The van der Waals surface area contributed by atoms with Crippen molar-refractivity contribution in [1.29, 1.82) is 0 Å². The number of fused-ring (bicyclic) bond motifs is 1. The molecule has 0 aromatic rings. The van der Waals surface area contributed by atoms with Crippen LogP contribution in [0.2, 0.25) is 0 Å². The molecule has 0 aromatic heterocycles. The zero-order chi connectivity index (χ0) is 10.7. The Hall–Kier alpha value is -0.180. The van der Waals surface area contributed by atoms with Crippen molar-refractivity contribution in [1.82, 2.24) is 4.90 Å². The molecule has 1 aliphatic carbocycles. The van der Waals surface area contributed by atoms with E-state index >= 15 is 0 Å². The highest BCUT2D eigenvalue weighted by molar-refractivity contribution is 7.80. The Balaban J connectivity index is 2.00. The molecule has 1 amide bonds. The van der Waals surface area contributed by atoms with Crippen molar-refractivity contribution in [3.05, 3.63) is 0 Å². The standard InChI is InChI=1S/C12H21NOS/c14-12(7-9-15)13-8-3-5-10-4-1-2-6-11(10)13/h10-11,15H,1-9H2. The number of carbonyl (C=O) groups excluding carboxylic acids is 1. The van der Waals surface area contributed by atoms with Gasteiger partial charge >= 0.3 is 0 Å². The second-order valence-electron chi connectivity index (χ2n) is 4.81. The van der Waals surface area contributed by atoms with Crippen molar-refractivity contribution in [2.45, 2.75) is 51.0 Å². The van der Waals surface area contributed by atoms with Crippen molar-refractivity contribution in [3.63, 3.8) is 0 Å². The van der Waals surface area contributed by atoms with Crippen molar-refractivity contribution >= 4 is 18.5 Å². The van der Waals surface area contributed by atoms with Crippen LogP contribution < -0.4 is 0 Å². The van der Waals surface area contributed by atoms with Gasteiger partial charge in [0.05, 0.1) is 0 Å². The monoisotopic (exact) mass is 227 g/mol. The van der Waals surface area contributed by atoms with Gasteiger partial charge < -0.3 is 4.90 Å². The van der Waals surface area contributed by atoms with Crippen LogP contribution in [0.15, 0.2) is 0 Å². The van der Waals surface area contributed by atoms with Gasteiger partial charge in [-0.3, -0.25) is 4.79 Å². The zero-order valence-electron chi connectivity index (χ0n) is 9.32. The van der Waals surface area contributed by atoms with Gasteiger partial charge in [-0.15, -0.1) is 0 Å². The van der Waals surface area contributed by atoms with Gasteiger partial charge in [0.25, 0.3) is 0 Å². The molecule has 1 aliphatic heterocycles. The lowest BCUT2D eigenvalue weighted by Gasteiger charge is -2.44. The predicted octanol–water partition coefficient (Wildman–Crippen LogP) is 2.49. The summed E-state index contributed by atoms with van der Waals surface area (Å²) in [6, 6.07) is 0.569. The molecule has 2 atom stereocenters. The first-order valence-electron chi connectivity index (χ1n) is 6.23. The number of thiol groups is 1. The van der Waals surface area contributed by atoms with Gasteiger partial charge in [0.2, 0.25) is 5.91 Å². The summed E-state index contributed by atoms with van der Waals surface area (Å²) in [6.45, 7) is 0.994. The second kappa shape index (κ2) is 5.24. The van der Waals surface area contributed by atoms with E-state index in [9.17, 15) is 4.79 Å². The number of nitrogens with zero attached hydrogens (tertiary/aromatic N) is 1. The van der Waals surface area contributed by atoms with Crippen LogP contribution in [-0.2, 0) is 4.79 Å². The highest BCUT2D eigenvalue weighted by atomic mass is 32.1. The van der Waals surface area contributed by atoms with Gasteiger partial charge in [0, 0.05) is 19.0 Å². The van der Waals surface area contributed by atoms with Crippen LogP contribution in [0, 0.1) is 5.92 Å². The van der Waals surface area contributed by atoms with E-state index in [1.165, 1.54) is 38.5 Å². The first-order valence-corrected chi connectivity index (χ1v) is 6.86. The quantitative estimate of drug-likeness (QED) is 0.719. The smallest absolute Gasteiger partial charge is 0.223 e. The average molecular weight is 227 g/mol. The minimum absolute atomic E-state index is 0.335. The van der Waals surface area contributed by atoms with E-state index in [1.54, 1.807) is 0 Å². The fourth-order valence-corrected chi connectivity index (χ4v) is 3.36. The maximum Gasteiger partial charge on any atom is 0.223 e. The van der Waals surface area contributed by atoms with Crippen LogP contribution in [0.1, 0.15) is 44.9 Å². The summed E-state index contributed by atoms with van der Waals surface area (Å²) in [7, 11) is 0. The summed E-state index contributed by atoms with van der Waals surface area (Å²) < 4.78 is 0. The van der Waals surface area contributed by atoms with E-state index in [-0.39, 0.29) is 0 Å². The van der Waals surface area contributed by atoms with E-state index in [0.717, 1.165) is 12.5 Å². The molecule has 0 bridgehead atoms. The van der Waals surface area contributed by atoms with Crippen LogP contribution >= 0.6 is 12.6 Å². The molecular formula is C12H21NOS. The van der Waals surface area contributed by atoms with Gasteiger partial charge in [-0.05, 0) is 37.4 Å². The Labute approximate surface area is 97.8 Å². The molecular weight excluding hydrogens is 206 g/mol. The molecule has 0 spiro atoms. The molecule has 1 saturated carbocycles. The van der Waals surface area contributed by atoms with Gasteiger partial charge in [-0.1, -0.05) is 12.8 Å². The highest BCUT2D eigenvalue weighted by Gasteiger charge is 2.34. The van der Waals surface area contributed by atoms with Crippen LogP contribution in [0.3, 0.4) is 0 Å². The van der Waals surface area contributed by atoms with Gasteiger partial charge in [-0.2, -0.15) is 12.6 Å². The Bertz CT molecular complexity index is 230. The van der Waals surface area contributed by atoms with Gasteiger partial charge in [0.15, 0.2) is 0 Å². The number of carbonyl (C=O) groups is 1. The lowest BCUT2D eigenvalue weighted by Crippen LogP contribution is -2.49. The van der Waals surface area contributed by atoms with Crippen LogP contribution in [0.25, 0.3) is 0 Å². The number of amides is 1. The molecule has 1 saturated heterocycles.